The van der Waals surface area contributed by atoms with Gasteiger partial charge in [0, 0.05) is 6.42 Å². The maximum Gasteiger partial charge on any atom is 0.305 e. The Bertz CT molecular complexity index is 959. The zero-order valence-corrected chi connectivity index (χ0v) is 20.1. The summed E-state index contributed by atoms with van der Waals surface area (Å²) in [6, 6.07) is 7.67. The molecule has 1 aliphatic rings. The predicted molar refractivity (Wildman–Crippen MR) is 127 cm³/mol. The highest BCUT2D eigenvalue weighted by atomic mass is 16.7. The largest absolute Gasteiger partial charge is 0.469 e. The van der Waals surface area contributed by atoms with E-state index in [0.29, 0.717) is 37.1 Å². The van der Waals surface area contributed by atoms with E-state index in [1.54, 1.807) is 0 Å². The zero-order chi connectivity index (χ0) is 23.8. The first-order valence-electron chi connectivity index (χ1n) is 11.9. The van der Waals surface area contributed by atoms with Gasteiger partial charge in [-0.15, -0.1) is 0 Å². The van der Waals surface area contributed by atoms with E-state index in [0.717, 1.165) is 30.3 Å². The zero-order valence-electron chi connectivity index (χ0n) is 20.1. The molecule has 7 heteroatoms. The van der Waals surface area contributed by atoms with E-state index < -0.39 is 11.9 Å². The maximum atomic E-state index is 11.5. The minimum Gasteiger partial charge on any atom is -0.469 e. The van der Waals surface area contributed by atoms with E-state index in [1.165, 1.54) is 7.11 Å². The van der Waals surface area contributed by atoms with Crippen LogP contribution in [0.5, 0.6) is 0 Å². The van der Waals surface area contributed by atoms with Gasteiger partial charge < -0.3 is 19.3 Å². The lowest BCUT2D eigenvalue weighted by molar-refractivity contribution is -0.144. The Labute approximate surface area is 196 Å². The fraction of sp³-hybridized carbons (Fsp3) is 0.577. The second-order valence-electron chi connectivity index (χ2n) is 8.96. The van der Waals surface area contributed by atoms with Gasteiger partial charge in [0.1, 0.15) is 6.10 Å². The summed E-state index contributed by atoms with van der Waals surface area (Å²) in [7, 11) is 1.39. The molecule has 0 aliphatic carbocycles. The molecule has 1 saturated heterocycles. The number of aromatic nitrogens is 2. The highest BCUT2D eigenvalue weighted by Crippen LogP contribution is 2.32. The number of ether oxygens (including phenoxy) is 3. The second kappa shape index (κ2) is 11.7. The number of esters is 1. The molecular formula is C26H36N2O5. The van der Waals surface area contributed by atoms with Crippen molar-refractivity contribution in [3.8, 4) is 0 Å². The number of aliphatic hydroxyl groups is 1. The average molecular weight is 457 g/mol. The topological polar surface area (TPSA) is 90.8 Å². The van der Waals surface area contributed by atoms with Crippen molar-refractivity contribution in [2.24, 2.45) is 0 Å². The van der Waals surface area contributed by atoms with Crippen LogP contribution < -0.4 is 0 Å². The number of fused-ring (bicyclic) bond motifs is 1. The van der Waals surface area contributed by atoms with Crippen LogP contribution in [0.1, 0.15) is 83.2 Å². The third-order valence-corrected chi connectivity index (χ3v) is 5.79. The van der Waals surface area contributed by atoms with Gasteiger partial charge in [-0.05, 0) is 51.3 Å². The van der Waals surface area contributed by atoms with E-state index >= 15 is 0 Å². The van der Waals surface area contributed by atoms with Gasteiger partial charge in [-0.3, -0.25) is 4.79 Å². The molecule has 3 rings (SSSR count). The Balaban J connectivity index is 1.82. The van der Waals surface area contributed by atoms with Crippen molar-refractivity contribution in [2.45, 2.75) is 89.8 Å². The Morgan fingerprint density at radius 2 is 1.91 bits per heavy atom. The molecule has 0 spiro atoms. The van der Waals surface area contributed by atoms with Gasteiger partial charge in [-0.25, -0.2) is 9.97 Å². The maximum absolute atomic E-state index is 11.5. The summed E-state index contributed by atoms with van der Waals surface area (Å²) < 4.78 is 16.9. The molecule has 0 radical (unpaired) electrons. The fourth-order valence-electron chi connectivity index (χ4n) is 4.10. The van der Waals surface area contributed by atoms with Crippen molar-refractivity contribution in [1.29, 1.82) is 0 Å². The highest BCUT2D eigenvalue weighted by molar-refractivity contribution is 5.75. The first kappa shape index (κ1) is 25.3. The number of methoxy groups -OCH3 is 1. The molecular weight excluding hydrogens is 420 g/mol. The minimum atomic E-state index is -0.720. The standard InChI is InChI=1S/C26H36N2O5/c1-5-6-7-13-21(29)25-20(27-18-11-8-9-12-19(18)28-25)16-17-23-22(32-26(2,3)33-23)14-10-15-24(30)31-4/h8-9,11-12,16-17,21-23,29H,5-7,10,13-15H2,1-4H3/b17-16+/t21-,22+,23-/m1/s1. The van der Waals surface area contributed by atoms with Gasteiger partial charge in [0.2, 0.25) is 0 Å². The van der Waals surface area contributed by atoms with Crippen molar-refractivity contribution in [1.82, 2.24) is 9.97 Å². The normalized spacial score (nSPS) is 21.0. The van der Waals surface area contributed by atoms with Crippen molar-refractivity contribution < 1.29 is 24.1 Å². The van der Waals surface area contributed by atoms with Gasteiger partial charge in [-0.2, -0.15) is 0 Å². The van der Waals surface area contributed by atoms with Crippen LogP contribution in [0.3, 0.4) is 0 Å². The van der Waals surface area contributed by atoms with Crippen LogP contribution >= 0.6 is 0 Å². The van der Waals surface area contributed by atoms with Crippen LogP contribution in [0.2, 0.25) is 0 Å². The molecule has 1 aromatic carbocycles. The van der Waals surface area contributed by atoms with E-state index in [2.05, 4.69) is 6.92 Å². The molecule has 33 heavy (non-hydrogen) atoms. The Morgan fingerprint density at radius 3 is 2.61 bits per heavy atom. The molecule has 0 unspecified atom stereocenters. The van der Waals surface area contributed by atoms with Crippen molar-refractivity contribution in [3.05, 3.63) is 41.7 Å². The number of para-hydroxylation sites is 2. The summed E-state index contributed by atoms with van der Waals surface area (Å²) in [5, 5.41) is 10.9. The first-order valence-corrected chi connectivity index (χ1v) is 11.9. The molecule has 3 atom stereocenters. The van der Waals surface area contributed by atoms with E-state index in [1.807, 2.05) is 50.3 Å². The van der Waals surface area contributed by atoms with Crippen LogP contribution in [-0.2, 0) is 19.0 Å². The number of aliphatic hydroxyl groups excluding tert-OH is 1. The minimum absolute atomic E-state index is 0.188. The molecule has 0 saturated carbocycles. The van der Waals surface area contributed by atoms with Crippen LogP contribution in [-0.4, -0.2) is 46.1 Å². The molecule has 7 nitrogen and oxygen atoms in total. The van der Waals surface area contributed by atoms with Crippen molar-refractivity contribution in [2.75, 3.05) is 7.11 Å². The smallest absolute Gasteiger partial charge is 0.305 e. The van der Waals surface area contributed by atoms with Gasteiger partial charge in [0.15, 0.2) is 5.79 Å². The number of hydrogen-bond donors (Lipinski definition) is 1. The van der Waals surface area contributed by atoms with E-state index in [4.69, 9.17) is 24.2 Å². The van der Waals surface area contributed by atoms with E-state index in [-0.39, 0.29) is 18.2 Å². The number of rotatable bonds is 11. The summed E-state index contributed by atoms with van der Waals surface area (Å²) in [5.41, 5.74) is 2.77. The van der Waals surface area contributed by atoms with Gasteiger partial charge in [-0.1, -0.05) is 44.4 Å². The third-order valence-electron chi connectivity index (χ3n) is 5.79. The molecule has 2 aromatic rings. The molecule has 0 bridgehead atoms. The Hall–Kier alpha value is -2.35. The van der Waals surface area contributed by atoms with Gasteiger partial charge in [0.25, 0.3) is 0 Å². The quantitative estimate of drug-likeness (QED) is 0.371. The third kappa shape index (κ3) is 7.06. The average Bonchev–Trinajstić information content (AvgIpc) is 3.10. The van der Waals surface area contributed by atoms with Crippen LogP contribution in [0.25, 0.3) is 17.1 Å². The lowest BCUT2D eigenvalue weighted by Gasteiger charge is -2.16. The Kier molecular flexibility index (Phi) is 8.95. The summed E-state index contributed by atoms with van der Waals surface area (Å²) in [6.45, 7) is 5.91. The molecule has 1 aliphatic heterocycles. The van der Waals surface area contributed by atoms with Crippen LogP contribution in [0.4, 0.5) is 0 Å². The van der Waals surface area contributed by atoms with Crippen molar-refractivity contribution in [3.63, 3.8) is 0 Å². The highest BCUT2D eigenvalue weighted by Gasteiger charge is 2.39. The summed E-state index contributed by atoms with van der Waals surface area (Å²) in [4.78, 5) is 21.0. The lowest BCUT2D eigenvalue weighted by atomic mass is 10.0. The van der Waals surface area contributed by atoms with Crippen LogP contribution in [0, 0.1) is 0 Å². The second-order valence-corrected chi connectivity index (χ2v) is 8.96. The molecule has 180 valence electrons. The first-order chi connectivity index (χ1) is 15.8. The number of unbranched alkanes of at least 4 members (excludes halogenated alkanes) is 2. The number of hydrogen-bond acceptors (Lipinski definition) is 7. The SMILES string of the molecule is CCCCC[C@@H](O)c1nc2ccccc2nc1/C=C/[C@H]1OC(C)(C)O[C@H]1CCCC(=O)OC. The van der Waals surface area contributed by atoms with Gasteiger partial charge >= 0.3 is 5.97 Å². The summed E-state index contributed by atoms with van der Waals surface area (Å²) in [5.74, 6) is -0.948. The summed E-state index contributed by atoms with van der Waals surface area (Å²) >= 11 is 0. The molecule has 0 amide bonds. The van der Waals surface area contributed by atoms with Crippen molar-refractivity contribution >= 4 is 23.1 Å². The predicted octanol–water partition coefficient (Wildman–Crippen LogP) is 5.12. The molecule has 2 heterocycles. The number of benzene rings is 1. The monoisotopic (exact) mass is 456 g/mol. The summed E-state index contributed by atoms with van der Waals surface area (Å²) in [6.07, 6.45) is 8.05. The fourth-order valence-corrected chi connectivity index (χ4v) is 4.10. The number of carbonyl (C=O) groups is 1. The lowest BCUT2D eigenvalue weighted by Crippen LogP contribution is -2.21. The van der Waals surface area contributed by atoms with E-state index in [9.17, 15) is 9.90 Å². The number of carbonyl (C=O) groups excluding carboxylic acids is 1. The Morgan fingerprint density at radius 1 is 1.18 bits per heavy atom. The number of nitrogens with zero attached hydrogens (tertiary/aromatic N) is 2. The molecule has 1 aromatic heterocycles. The molecule has 1 fully saturated rings. The van der Waals surface area contributed by atoms with Gasteiger partial charge in [0.05, 0.1) is 41.7 Å². The molecule has 1 N–H and O–H groups in total. The van der Waals surface area contributed by atoms with Crippen LogP contribution in [0.15, 0.2) is 30.3 Å².